The van der Waals surface area contributed by atoms with Crippen molar-refractivity contribution in [2.75, 3.05) is 0 Å². The molecule has 2 aromatic rings. The van der Waals surface area contributed by atoms with Crippen LogP contribution >= 0.6 is 24.8 Å². The molecule has 0 bridgehead atoms. The Kier molecular flexibility index (Phi) is 16.8. The molecular weight excluding hydrogens is 739 g/mol. The van der Waals surface area contributed by atoms with Gasteiger partial charge in [-0.05, 0) is 40.6 Å². The van der Waals surface area contributed by atoms with Crippen LogP contribution in [0.15, 0.2) is 101 Å². The number of hydrogen-bond acceptors (Lipinski definition) is 0. The Hall–Kier alpha value is -1.66. The average molecular weight is 805 g/mol. The number of rotatable bonds is 1. The van der Waals surface area contributed by atoms with Gasteiger partial charge in [-0.3, -0.25) is 6.08 Å². The standard InChI is InChI=1S/C29H37.C11H17.C6H5.CH3.CH2.2ClH.Zr/c1-18-25-22-17-19-13-9-10-14-20(19)24(22)21-15-11-12-16-23(21)29(25,8)28(6,7)27(4,5)26(18,2)3;1-5-9-6-7-10(8-9)11(2,3)4;1-2-4-6-5-3-1;;;;;/h9-11,13-15,23H,12,16-17H2,1-8H3;7-9H,5H2,1-4H3;1-5H;1H3;1H2;2*1H;/q4*-1;;;;. The summed E-state index contributed by atoms with van der Waals surface area (Å²) in [6.45, 7) is 29.2. The molecule has 3 atom stereocenters. The van der Waals surface area contributed by atoms with Crippen LogP contribution in [0.1, 0.15) is 113 Å². The molecule has 280 valence electrons. The van der Waals surface area contributed by atoms with Crippen molar-refractivity contribution in [2.24, 2.45) is 38.9 Å². The zero-order chi connectivity index (χ0) is 35.7. The van der Waals surface area contributed by atoms with E-state index in [0.29, 0.717) is 17.3 Å². The zero-order valence-corrected chi connectivity index (χ0v) is 38.1. The first kappa shape index (κ1) is 47.4. The molecule has 0 amide bonds. The van der Waals surface area contributed by atoms with Crippen LogP contribution in [-0.2, 0) is 30.7 Å². The number of benzene rings is 2. The van der Waals surface area contributed by atoms with Crippen LogP contribution in [0.2, 0.25) is 0 Å². The van der Waals surface area contributed by atoms with Gasteiger partial charge in [0.05, 0.1) is 0 Å². The van der Waals surface area contributed by atoms with Gasteiger partial charge in [-0.15, -0.1) is 31.7 Å². The number of allylic oxidation sites excluding steroid dienone is 10. The van der Waals surface area contributed by atoms with Crippen LogP contribution in [0.4, 0.5) is 0 Å². The van der Waals surface area contributed by atoms with Gasteiger partial charge < -0.3 is 7.43 Å². The third kappa shape index (κ3) is 8.23. The molecule has 2 aromatic carbocycles. The normalized spacial score (nSPS) is 25.1. The molecule has 7 rings (SSSR count). The summed E-state index contributed by atoms with van der Waals surface area (Å²) >= 11 is 1.30. The van der Waals surface area contributed by atoms with Gasteiger partial charge in [0.25, 0.3) is 0 Å². The number of hydrogen-bond donors (Lipinski definition) is 0. The fraction of sp³-hybridized carbons (Fsp3) is 0.479. The molecular formula is C48H66Cl2Zr-4. The van der Waals surface area contributed by atoms with Gasteiger partial charge in [-0.1, -0.05) is 159 Å². The molecule has 5 aliphatic rings. The van der Waals surface area contributed by atoms with Crippen LogP contribution in [0.25, 0.3) is 5.57 Å². The summed E-state index contributed by atoms with van der Waals surface area (Å²) in [4.78, 5) is 0. The van der Waals surface area contributed by atoms with Crippen LogP contribution in [0.3, 0.4) is 0 Å². The van der Waals surface area contributed by atoms with Crippen molar-refractivity contribution in [1.82, 2.24) is 0 Å². The SMILES string of the molecule is CCC1[C-]=CC(C(C)(C)C)=C1.C[C-]1C2=C3Cc4ccccc4C3=C3C=CCCC3C2(C)C(C)(C)C(C)(C)C1(C)C.Cl.Cl.[CH2]=[Zr].[CH3-].[c-]1ccccc1. The minimum Gasteiger partial charge on any atom is -0.358 e. The molecule has 5 aliphatic carbocycles. The van der Waals surface area contributed by atoms with E-state index in [1.165, 1.54) is 60.2 Å². The largest absolute Gasteiger partial charge is 0.358 e. The Morgan fingerprint density at radius 3 is 2.00 bits per heavy atom. The van der Waals surface area contributed by atoms with E-state index in [0.717, 1.165) is 6.42 Å². The number of halogens is 2. The minimum atomic E-state index is 0. The van der Waals surface area contributed by atoms with Crippen molar-refractivity contribution in [3.8, 4) is 0 Å². The van der Waals surface area contributed by atoms with E-state index in [1.807, 2.05) is 30.3 Å². The zero-order valence-electron chi connectivity index (χ0n) is 34.0. The van der Waals surface area contributed by atoms with Crippen molar-refractivity contribution in [2.45, 2.75) is 109 Å². The Balaban J connectivity index is 0.000000492. The first-order valence-corrected chi connectivity index (χ1v) is 19.9. The monoisotopic (exact) mass is 802 g/mol. The molecule has 0 N–H and O–H groups in total. The maximum atomic E-state index is 3.35. The predicted octanol–water partition coefficient (Wildman–Crippen LogP) is 14.1. The fourth-order valence-electron chi connectivity index (χ4n) is 9.12. The first-order chi connectivity index (χ1) is 22.5. The van der Waals surface area contributed by atoms with Gasteiger partial charge >= 0.3 is 28.4 Å². The molecule has 3 heteroatoms. The van der Waals surface area contributed by atoms with Gasteiger partial charge in [-0.25, -0.2) is 12.0 Å². The van der Waals surface area contributed by atoms with E-state index >= 15 is 0 Å². The maximum Gasteiger partial charge on any atom is -0.171 e. The second-order valence-corrected chi connectivity index (χ2v) is 17.0. The van der Waals surface area contributed by atoms with E-state index in [-0.39, 0.29) is 53.9 Å². The molecule has 1 saturated carbocycles. The van der Waals surface area contributed by atoms with Crippen molar-refractivity contribution < 1.29 is 24.2 Å². The van der Waals surface area contributed by atoms with Crippen molar-refractivity contribution in [3.05, 3.63) is 138 Å². The summed E-state index contributed by atoms with van der Waals surface area (Å²) in [6.07, 6.45) is 17.5. The fourth-order valence-corrected chi connectivity index (χ4v) is 9.12. The third-order valence-corrected chi connectivity index (χ3v) is 13.5. The molecule has 0 aliphatic heterocycles. The predicted molar refractivity (Wildman–Crippen MR) is 227 cm³/mol. The van der Waals surface area contributed by atoms with E-state index < -0.39 is 0 Å². The van der Waals surface area contributed by atoms with E-state index in [4.69, 9.17) is 0 Å². The maximum absolute atomic E-state index is 3.35. The molecule has 0 radical (unpaired) electrons. The van der Waals surface area contributed by atoms with Crippen molar-refractivity contribution in [3.63, 3.8) is 0 Å². The topological polar surface area (TPSA) is 0 Å². The van der Waals surface area contributed by atoms with Gasteiger partial charge in [0.1, 0.15) is 0 Å². The summed E-state index contributed by atoms with van der Waals surface area (Å²) in [6, 6.07) is 21.7. The van der Waals surface area contributed by atoms with Crippen molar-refractivity contribution >= 4 is 34.6 Å². The van der Waals surface area contributed by atoms with Gasteiger partial charge in [0, 0.05) is 0 Å². The second kappa shape index (κ2) is 18.1. The average Bonchev–Trinajstić information content (AvgIpc) is 3.72. The van der Waals surface area contributed by atoms with Crippen LogP contribution in [-0.4, -0.2) is 4.21 Å². The van der Waals surface area contributed by atoms with E-state index in [9.17, 15) is 0 Å². The molecule has 0 spiro atoms. The molecule has 51 heavy (non-hydrogen) atoms. The molecule has 1 fully saturated rings. The molecule has 0 heterocycles. The third-order valence-electron chi connectivity index (χ3n) is 13.5. The van der Waals surface area contributed by atoms with Gasteiger partial charge in [-0.2, -0.15) is 59.2 Å². The first-order valence-electron chi connectivity index (χ1n) is 18.2. The van der Waals surface area contributed by atoms with Crippen LogP contribution < -0.4 is 0 Å². The Labute approximate surface area is 342 Å². The van der Waals surface area contributed by atoms with E-state index in [1.54, 1.807) is 28.2 Å². The van der Waals surface area contributed by atoms with Crippen LogP contribution in [0, 0.1) is 64.4 Å². The Morgan fingerprint density at radius 1 is 0.902 bits per heavy atom. The summed E-state index contributed by atoms with van der Waals surface area (Å²) in [5, 5.41) is 0. The molecule has 0 saturated heterocycles. The molecule has 0 aromatic heterocycles. The van der Waals surface area contributed by atoms with E-state index in [2.05, 4.69) is 148 Å². The van der Waals surface area contributed by atoms with Gasteiger partial charge in [0.15, 0.2) is 0 Å². The second-order valence-electron chi connectivity index (χ2n) is 17.0. The summed E-state index contributed by atoms with van der Waals surface area (Å²) in [7, 11) is 0. The molecule has 3 unspecified atom stereocenters. The summed E-state index contributed by atoms with van der Waals surface area (Å²) < 4.78 is 3.34. The number of fused-ring (bicyclic) bond motifs is 6. The van der Waals surface area contributed by atoms with Crippen LogP contribution in [0.5, 0.6) is 0 Å². The summed E-state index contributed by atoms with van der Waals surface area (Å²) in [5.41, 5.74) is 12.0. The van der Waals surface area contributed by atoms with Gasteiger partial charge in [0.2, 0.25) is 0 Å². The Morgan fingerprint density at radius 2 is 1.51 bits per heavy atom. The quantitative estimate of drug-likeness (QED) is 0.252. The van der Waals surface area contributed by atoms with Crippen molar-refractivity contribution in [1.29, 1.82) is 0 Å². The minimum absolute atomic E-state index is 0. The smallest absolute Gasteiger partial charge is 0.171 e. The summed E-state index contributed by atoms with van der Waals surface area (Å²) in [5.74, 6) is 2.81. The Bertz CT molecular complexity index is 1580. The molecule has 0 nitrogen and oxygen atoms in total.